The minimum atomic E-state index is -0.607. The van der Waals surface area contributed by atoms with Crippen LogP contribution in [0.25, 0.3) is 0 Å². The van der Waals surface area contributed by atoms with Crippen LogP contribution in [0.5, 0.6) is 0 Å². The average Bonchev–Trinajstić information content (AvgIpc) is 2.17. The van der Waals surface area contributed by atoms with Crippen molar-refractivity contribution in [1.82, 2.24) is 9.97 Å². The fraction of sp³-hybridized carbons (Fsp3) is 0.600. The molecule has 1 saturated heterocycles. The Labute approximate surface area is 103 Å². The van der Waals surface area contributed by atoms with Crippen molar-refractivity contribution >= 4 is 28.5 Å². The number of hydrogen-bond donors (Lipinski definition) is 1. The second-order valence-electron chi connectivity index (χ2n) is 4.22. The van der Waals surface area contributed by atoms with E-state index in [4.69, 9.17) is 0 Å². The molecule has 0 spiro atoms. The van der Waals surface area contributed by atoms with Gasteiger partial charge < -0.3 is 10.0 Å². The van der Waals surface area contributed by atoms with Crippen LogP contribution in [0.4, 0.5) is 5.95 Å². The molecule has 0 radical (unpaired) electrons. The van der Waals surface area contributed by atoms with Crippen LogP contribution in [0.2, 0.25) is 0 Å². The average molecular weight is 319 g/mol. The highest BCUT2D eigenvalue weighted by atomic mass is 127. The normalized spacial score (nSPS) is 26.7. The van der Waals surface area contributed by atoms with Gasteiger partial charge in [-0.25, -0.2) is 9.97 Å². The van der Waals surface area contributed by atoms with Crippen LogP contribution in [0.1, 0.15) is 19.8 Å². The maximum absolute atomic E-state index is 9.96. The second kappa shape index (κ2) is 4.21. The van der Waals surface area contributed by atoms with Crippen LogP contribution in [-0.4, -0.2) is 33.8 Å². The molecule has 5 heteroatoms. The number of anilines is 1. The Kier molecular flexibility index (Phi) is 3.11. The first-order valence-electron chi connectivity index (χ1n) is 5.02. The van der Waals surface area contributed by atoms with Gasteiger partial charge in [0.15, 0.2) is 0 Å². The monoisotopic (exact) mass is 319 g/mol. The van der Waals surface area contributed by atoms with E-state index in [0.29, 0.717) is 6.54 Å². The Bertz CT molecular complexity index is 339. The van der Waals surface area contributed by atoms with Gasteiger partial charge in [-0.15, -0.1) is 0 Å². The first-order valence-corrected chi connectivity index (χ1v) is 6.10. The van der Waals surface area contributed by atoms with Crippen molar-refractivity contribution in [3.8, 4) is 0 Å². The first kappa shape index (κ1) is 11.1. The Morgan fingerprint density at radius 1 is 1.47 bits per heavy atom. The van der Waals surface area contributed by atoms with Crippen LogP contribution < -0.4 is 4.90 Å². The summed E-state index contributed by atoms with van der Waals surface area (Å²) in [6.45, 7) is 3.41. The maximum Gasteiger partial charge on any atom is 0.225 e. The zero-order valence-corrected chi connectivity index (χ0v) is 10.8. The molecule has 1 aromatic rings. The van der Waals surface area contributed by atoms with E-state index in [1.165, 1.54) is 0 Å². The highest BCUT2D eigenvalue weighted by Crippen LogP contribution is 2.23. The van der Waals surface area contributed by atoms with Crippen LogP contribution >= 0.6 is 22.6 Å². The predicted octanol–water partition coefficient (Wildman–Crippen LogP) is 1.43. The lowest BCUT2D eigenvalue weighted by molar-refractivity contribution is 0.0444. The number of piperidine rings is 1. The summed E-state index contributed by atoms with van der Waals surface area (Å²) in [6, 6.07) is 0. The van der Waals surface area contributed by atoms with Crippen molar-refractivity contribution in [2.24, 2.45) is 0 Å². The van der Waals surface area contributed by atoms with Crippen LogP contribution in [0.15, 0.2) is 12.4 Å². The van der Waals surface area contributed by atoms with Crippen molar-refractivity contribution in [1.29, 1.82) is 0 Å². The Balaban J connectivity index is 2.13. The molecule has 0 aliphatic carbocycles. The molecule has 1 atom stereocenters. The van der Waals surface area contributed by atoms with Gasteiger partial charge in [-0.3, -0.25) is 0 Å². The smallest absolute Gasteiger partial charge is 0.225 e. The van der Waals surface area contributed by atoms with E-state index < -0.39 is 5.60 Å². The lowest BCUT2D eigenvalue weighted by Crippen LogP contribution is -2.46. The van der Waals surface area contributed by atoms with Gasteiger partial charge in [0.1, 0.15) is 0 Å². The minimum absolute atomic E-state index is 0.607. The molecule has 1 aliphatic rings. The molecule has 1 fully saturated rings. The third-order valence-electron chi connectivity index (χ3n) is 2.56. The molecule has 1 unspecified atom stereocenters. The van der Waals surface area contributed by atoms with E-state index in [0.717, 1.165) is 28.9 Å². The third kappa shape index (κ3) is 2.78. The molecule has 4 nitrogen and oxygen atoms in total. The summed E-state index contributed by atoms with van der Waals surface area (Å²) < 4.78 is 1.03. The van der Waals surface area contributed by atoms with Gasteiger partial charge >= 0.3 is 0 Å². The lowest BCUT2D eigenvalue weighted by atomic mass is 9.95. The maximum atomic E-state index is 9.96. The molecule has 0 aromatic carbocycles. The molecule has 1 aromatic heterocycles. The highest BCUT2D eigenvalue weighted by molar-refractivity contribution is 14.1. The minimum Gasteiger partial charge on any atom is -0.388 e. The van der Waals surface area contributed by atoms with E-state index in [1.807, 2.05) is 11.8 Å². The summed E-state index contributed by atoms with van der Waals surface area (Å²) in [5.41, 5.74) is -0.607. The van der Waals surface area contributed by atoms with E-state index >= 15 is 0 Å². The zero-order valence-electron chi connectivity index (χ0n) is 8.65. The van der Waals surface area contributed by atoms with Crippen LogP contribution in [0, 0.1) is 3.57 Å². The molecule has 0 bridgehead atoms. The predicted molar refractivity (Wildman–Crippen MR) is 66.8 cm³/mol. The molecule has 2 heterocycles. The molecule has 1 aliphatic heterocycles. The van der Waals surface area contributed by atoms with Gasteiger partial charge in [-0.05, 0) is 42.4 Å². The second-order valence-corrected chi connectivity index (χ2v) is 5.47. The van der Waals surface area contributed by atoms with Crippen molar-refractivity contribution in [2.75, 3.05) is 18.0 Å². The standard InChI is InChI=1S/C10H14IN3O/c1-10(15)3-2-4-14(7-10)9-12-5-8(11)6-13-9/h5-6,15H,2-4,7H2,1H3. The van der Waals surface area contributed by atoms with Crippen LogP contribution in [-0.2, 0) is 0 Å². The van der Waals surface area contributed by atoms with Gasteiger partial charge in [0.05, 0.1) is 5.60 Å². The number of aromatic nitrogens is 2. The molecule has 15 heavy (non-hydrogen) atoms. The van der Waals surface area contributed by atoms with E-state index in [-0.39, 0.29) is 0 Å². The Morgan fingerprint density at radius 2 is 2.13 bits per heavy atom. The topological polar surface area (TPSA) is 49.2 Å². The largest absolute Gasteiger partial charge is 0.388 e. The number of halogens is 1. The summed E-state index contributed by atoms with van der Waals surface area (Å²) in [7, 11) is 0. The summed E-state index contributed by atoms with van der Waals surface area (Å²) in [5.74, 6) is 0.718. The van der Waals surface area contributed by atoms with Crippen molar-refractivity contribution < 1.29 is 5.11 Å². The number of nitrogens with zero attached hydrogens (tertiary/aromatic N) is 3. The van der Waals surface area contributed by atoms with Gasteiger partial charge in [0.25, 0.3) is 0 Å². The molecule has 2 rings (SSSR count). The molecule has 0 saturated carbocycles. The van der Waals surface area contributed by atoms with Crippen molar-refractivity contribution in [3.63, 3.8) is 0 Å². The number of β-amino-alcohol motifs (C(OH)–C–C–N with tert-alkyl or cyclic N) is 1. The highest BCUT2D eigenvalue weighted by Gasteiger charge is 2.29. The van der Waals surface area contributed by atoms with Crippen molar-refractivity contribution in [3.05, 3.63) is 16.0 Å². The first-order chi connectivity index (χ1) is 7.07. The fourth-order valence-corrected chi connectivity index (χ4v) is 2.14. The molecular formula is C10H14IN3O. The number of rotatable bonds is 1. The summed E-state index contributed by atoms with van der Waals surface area (Å²) >= 11 is 2.18. The Hall–Kier alpha value is -0.430. The van der Waals surface area contributed by atoms with E-state index in [2.05, 4.69) is 32.6 Å². The van der Waals surface area contributed by atoms with E-state index in [9.17, 15) is 5.11 Å². The van der Waals surface area contributed by atoms with Gasteiger partial charge in [-0.2, -0.15) is 0 Å². The quantitative estimate of drug-likeness (QED) is 0.796. The van der Waals surface area contributed by atoms with Gasteiger partial charge in [-0.1, -0.05) is 0 Å². The van der Waals surface area contributed by atoms with Gasteiger partial charge in [0, 0.05) is 29.1 Å². The van der Waals surface area contributed by atoms with Crippen LogP contribution in [0.3, 0.4) is 0 Å². The molecule has 0 amide bonds. The number of hydrogen-bond acceptors (Lipinski definition) is 4. The molecule has 82 valence electrons. The third-order valence-corrected chi connectivity index (χ3v) is 3.12. The van der Waals surface area contributed by atoms with Crippen molar-refractivity contribution in [2.45, 2.75) is 25.4 Å². The fourth-order valence-electron chi connectivity index (χ4n) is 1.86. The number of aliphatic hydroxyl groups is 1. The summed E-state index contributed by atoms with van der Waals surface area (Å²) in [6.07, 6.45) is 5.44. The van der Waals surface area contributed by atoms with E-state index in [1.54, 1.807) is 12.4 Å². The SMILES string of the molecule is CC1(O)CCCN(c2ncc(I)cn2)C1. The molecule has 1 N–H and O–H groups in total. The summed E-state index contributed by atoms with van der Waals surface area (Å²) in [5, 5.41) is 9.96. The zero-order chi connectivity index (χ0) is 10.9. The Morgan fingerprint density at radius 3 is 2.73 bits per heavy atom. The summed E-state index contributed by atoms with van der Waals surface area (Å²) in [4.78, 5) is 10.6. The molecular weight excluding hydrogens is 305 g/mol. The lowest BCUT2D eigenvalue weighted by Gasteiger charge is -2.36. The van der Waals surface area contributed by atoms with Gasteiger partial charge in [0.2, 0.25) is 5.95 Å².